The first kappa shape index (κ1) is 11.4. The Morgan fingerprint density at radius 1 is 0.850 bits per heavy atom. The Kier molecular flexibility index (Phi) is 2.14. The van der Waals surface area contributed by atoms with Gasteiger partial charge in [-0.15, -0.1) is 0 Å². The zero-order chi connectivity index (χ0) is 13.9. The summed E-state index contributed by atoms with van der Waals surface area (Å²) in [5, 5.41) is 0.999. The van der Waals surface area contributed by atoms with E-state index in [1.165, 1.54) is 5.56 Å². The topological polar surface area (TPSA) is 30.0 Å². The van der Waals surface area contributed by atoms with E-state index in [0.717, 1.165) is 38.9 Å². The van der Waals surface area contributed by atoms with Crippen LogP contribution in [-0.4, -0.2) is 10.8 Å². The highest BCUT2D eigenvalue weighted by Gasteiger charge is 2.26. The smallest absolute Gasteiger partial charge is 0.194 e. The molecule has 0 fully saturated rings. The van der Waals surface area contributed by atoms with Gasteiger partial charge in [0.25, 0.3) is 0 Å². The number of carbonyl (C=O) groups excluding carboxylic acids is 1. The van der Waals surface area contributed by atoms with Gasteiger partial charge < -0.3 is 0 Å². The highest BCUT2D eigenvalue weighted by atomic mass is 16.1. The summed E-state index contributed by atoms with van der Waals surface area (Å²) in [6.45, 7) is 4.11. The number of aromatic nitrogens is 1. The fourth-order valence-corrected chi connectivity index (χ4v) is 3.10. The van der Waals surface area contributed by atoms with Crippen molar-refractivity contribution in [3.63, 3.8) is 0 Å². The molecule has 0 aliphatic heterocycles. The predicted molar refractivity (Wildman–Crippen MR) is 80.1 cm³/mol. The molecule has 20 heavy (non-hydrogen) atoms. The lowest BCUT2D eigenvalue weighted by atomic mass is 9.82. The first-order chi connectivity index (χ1) is 9.68. The minimum absolute atomic E-state index is 0.101. The van der Waals surface area contributed by atoms with Crippen LogP contribution in [0.25, 0.3) is 22.0 Å². The molecule has 0 saturated carbocycles. The molecule has 1 heterocycles. The van der Waals surface area contributed by atoms with Gasteiger partial charge in [0.2, 0.25) is 0 Å². The van der Waals surface area contributed by atoms with E-state index in [0.29, 0.717) is 0 Å². The summed E-state index contributed by atoms with van der Waals surface area (Å²) in [5.41, 5.74) is 6.85. The second-order valence-electron chi connectivity index (χ2n) is 5.27. The first-order valence-corrected chi connectivity index (χ1v) is 6.72. The van der Waals surface area contributed by atoms with Crippen LogP contribution in [0.4, 0.5) is 0 Å². The van der Waals surface area contributed by atoms with E-state index >= 15 is 0 Å². The number of carbonyl (C=O) groups is 1. The molecule has 2 aromatic carbocycles. The van der Waals surface area contributed by atoms with E-state index in [1.807, 2.05) is 49.4 Å². The quantitative estimate of drug-likeness (QED) is 0.476. The average Bonchev–Trinajstić information content (AvgIpc) is 2.47. The average molecular weight is 259 g/mol. The molecule has 2 nitrogen and oxygen atoms in total. The standard InChI is InChI=1S/C18H13NO/c1-10-11(2)19-15-9-5-8-14-17(15)16(10)12-6-3-4-7-13(12)18(14)20/h3-9H,1-2H3. The molecule has 1 aliphatic rings. The lowest BCUT2D eigenvalue weighted by molar-refractivity contribution is 0.104. The van der Waals surface area contributed by atoms with Crippen LogP contribution in [0.2, 0.25) is 0 Å². The number of nitrogens with zero attached hydrogens (tertiary/aromatic N) is 1. The van der Waals surface area contributed by atoms with Crippen LogP contribution in [0.5, 0.6) is 0 Å². The minimum atomic E-state index is 0.101. The third kappa shape index (κ3) is 1.28. The van der Waals surface area contributed by atoms with Crippen LogP contribution < -0.4 is 0 Å². The van der Waals surface area contributed by atoms with Crippen molar-refractivity contribution in [1.29, 1.82) is 0 Å². The van der Waals surface area contributed by atoms with Crippen molar-refractivity contribution in [2.45, 2.75) is 13.8 Å². The van der Waals surface area contributed by atoms with Gasteiger partial charge in [-0.1, -0.05) is 36.4 Å². The van der Waals surface area contributed by atoms with Crippen molar-refractivity contribution < 1.29 is 4.79 Å². The number of fused-ring (bicyclic) bond motifs is 2. The molecule has 0 bridgehead atoms. The molecule has 0 radical (unpaired) electrons. The Bertz CT molecular complexity index is 893. The molecule has 1 aromatic heterocycles. The Hall–Kier alpha value is -2.48. The number of hydrogen-bond donors (Lipinski definition) is 0. The molecule has 0 atom stereocenters. The highest BCUT2D eigenvalue weighted by Crippen LogP contribution is 2.41. The Morgan fingerprint density at radius 2 is 1.55 bits per heavy atom. The summed E-state index contributed by atoms with van der Waals surface area (Å²) in [6, 6.07) is 13.6. The number of pyridine rings is 1. The van der Waals surface area contributed by atoms with Gasteiger partial charge in [-0.25, -0.2) is 0 Å². The van der Waals surface area contributed by atoms with Gasteiger partial charge in [0.1, 0.15) is 0 Å². The van der Waals surface area contributed by atoms with Crippen LogP contribution in [0.15, 0.2) is 42.5 Å². The number of ketones is 1. The van der Waals surface area contributed by atoms with Crippen LogP contribution in [0, 0.1) is 13.8 Å². The molecular weight excluding hydrogens is 246 g/mol. The fraction of sp³-hybridized carbons (Fsp3) is 0.111. The van der Waals surface area contributed by atoms with Crippen LogP contribution in [-0.2, 0) is 0 Å². The second kappa shape index (κ2) is 3.76. The van der Waals surface area contributed by atoms with E-state index < -0.39 is 0 Å². The molecule has 0 amide bonds. The predicted octanol–water partition coefficient (Wildman–Crippen LogP) is 4.06. The van der Waals surface area contributed by atoms with Crippen LogP contribution in [0.1, 0.15) is 27.2 Å². The number of rotatable bonds is 0. The Labute approximate surface area is 117 Å². The minimum Gasteiger partial charge on any atom is -0.289 e. The van der Waals surface area contributed by atoms with Crippen molar-refractivity contribution in [3.8, 4) is 11.1 Å². The maximum Gasteiger partial charge on any atom is 0.194 e. The zero-order valence-electron chi connectivity index (χ0n) is 11.4. The molecular formula is C18H13NO. The van der Waals surface area contributed by atoms with E-state index in [4.69, 9.17) is 0 Å². The van der Waals surface area contributed by atoms with Crippen LogP contribution in [0.3, 0.4) is 0 Å². The molecule has 96 valence electrons. The first-order valence-electron chi connectivity index (χ1n) is 6.72. The van der Waals surface area contributed by atoms with E-state index in [9.17, 15) is 4.79 Å². The monoisotopic (exact) mass is 259 g/mol. The molecule has 2 heteroatoms. The normalized spacial score (nSPS) is 12.6. The van der Waals surface area contributed by atoms with Gasteiger partial charge in [-0.05, 0) is 36.6 Å². The van der Waals surface area contributed by atoms with Crippen molar-refractivity contribution in [2.75, 3.05) is 0 Å². The molecule has 4 rings (SSSR count). The van der Waals surface area contributed by atoms with Gasteiger partial charge in [0.15, 0.2) is 5.78 Å². The van der Waals surface area contributed by atoms with E-state index in [1.54, 1.807) is 0 Å². The number of hydrogen-bond acceptors (Lipinski definition) is 2. The summed E-state index contributed by atoms with van der Waals surface area (Å²) in [5.74, 6) is 0.101. The lowest BCUT2D eigenvalue weighted by Crippen LogP contribution is -2.11. The van der Waals surface area contributed by atoms with Gasteiger partial charge in [-0.3, -0.25) is 9.78 Å². The van der Waals surface area contributed by atoms with E-state index in [2.05, 4.69) is 11.9 Å². The lowest BCUT2D eigenvalue weighted by Gasteiger charge is -2.22. The Balaban J connectivity index is 2.32. The highest BCUT2D eigenvalue weighted by molar-refractivity contribution is 6.25. The maximum absolute atomic E-state index is 12.7. The Morgan fingerprint density at radius 3 is 2.35 bits per heavy atom. The van der Waals surface area contributed by atoms with Gasteiger partial charge >= 0.3 is 0 Å². The van der Waals surface area contributed by atoms with Gasteiger partial charge in [0.05, 0.1) is 5.52 Å². The summed E-state index contributed by atoms with van der Waals surface area (Å²) >= 11 is 0. The molecule has 3 aromatic rings. The van der Waals surface area contributed by atoms with Crippen molar-refractivity contribution in [2.24, 2.45) is 0 Å². The van der Waals surface area contributed by atoms with Gasteiger partial charge in [0, 0.05) is 22.2 Å². The molecule has 0 N–H and O–H groups in total. The second-order valence-corrected chi connectivity index (χ2v) is 5.27. The van der Waals surface area contributed by atoms with Crippen molar-refractivity contribution in [1.82, 2.24) is 4.98 Å². The summed E-state index contributed by atoms with van der Waals surface area (Å²) < 4.78 is 0. The third-order valence-electron chi connectivity index (χ3n) is 4.18. The largest absolute Gasteiger partial charge is 0.289 e. The number of benzene rings is 2. The van der Waals surface area contributed by atoms with Crippen molar-refractivity contribution >= 4 is 16.7 Å². The van der Waals surface area contributed by atoms with Gasteiger partial charge in [-0.2, -0.15) is 0 Å². The van der Waals surface area contributed by atoms with Crippen LogP contribution >= 0.6 is 0 Å². The fourth-order valence-electron chi connectivity index (χ4n) is 3.10. The SMILES string of the molecule is Cc1nc2cccc3c2c(c1C)-c1ccccc1C3=O. The molecule has 0 spiro atoms. The zero-order valence-corrected chi connectivity index (χ0v) is 11.4. The molecule has 0 unspecified atom stereocenters. The third-order valence-corrected chi connectivity index (χ3v) is 4.18. The summed E-state index contributed by atoms with van der Waals surface area (Å²) in [4.78, 5) is 17.3. The molecule has 1 aliphatic carbocycles. The van der Waals surface area contributed by atoms with Crippen molar-refractivity contribution in [3.05, 3.63) is 64.8 Å². The maximum atomic E-state index is 12.7. The number of aryl methyl sites for hydroxylation is 1. The summed E-state index contributed by atoms with van der Waals surface area (Å²) in [7, 11) is 0. The molecule has 0 saturated heterocycles. The van der Waals surface area contributed by atoms with E-state index in [-0.39, 0.29) is 5.78 Å². The summed E-state index contributed by atoms with van der Waals surface area (Å²) in [6.07, 6.45) is 0.